The van der Waals surface area contributed by atoms with E-state index in [1.165, 1.54) is 18.5 Å². The van der Waals surface area contributed by atoms with Gasteiger partial charge in [0.05, 0.1) is 22.1 Å². The van der Waals surface area contributed by atoms with Crippen LogP contribution in [0.25, 0.3) is 21.3 Å². The lowest BCUT2D eigenvalue weighted by Gasteiger charge is -2.25. The van der Waals surface area contributed by atoms with E-state index in [4.69, 9.17) is 5.73 Å². The molecule has 0 aliphatic heterocycles. The van der Waals surface area contributed by atoms with Crippen LogP contribution in [-0.4, -0.2) is 27.9 Å². The zero-order valence-electron chi connectivity index (χ0n) is 21.2. The summed E-state index contributed by atoms with van der Waals surface area (Å²) in [6, 6.07) is 19.4. The van der Waals surface area contributed by atoms with Crippen LogP contribution in [0, 0.1) is 11.7 Å². The van der Waals surface area contributed by atoms with Gasteiger partial charge in [-0.15, -0.1) is 11.3 Å². The number of nitrogens with two attached hydrogens (primary N) is 1. The van der Waals surface area contributed by atoms with Gasteiger partial charge in [0.1, 0.15) is 23.8 Å². The lowest BCUT2D eigenvalue weighted by Crippen LogP contribution is -2.33. The number of anilines is 3. The van der Waals surface area contributed by atoms with Crippen molar-refractivity contribution >= 4 is 44.8 Å². The molecule has 7 nitrogen and oxygen atoms in total. The predicted molar refractivity (Wildman–Crippen MR) is 151 cm³/mol. The maximum absolute atomic E-state index is 13.9. The number of fused-ring (bicyclic) bond motifs is 1. The molecule has 0 saturated heterocycles. The number of pyridine rings is 1. The molecule has 0 fully saturated rings. The summed E-state index contributed by atoms with van der Waals surface area (Å²) in [4.78, 5) is 29.3. The highest BCUT2D eigenvalue weighted by atomic mass is 32.1. The van der Waals surface area contributed by atoms with Crippen molar-refractivity contribution in [3.05, 3.63) is 96.2 Å². The molecule has 1 amide bonds. The summed E-state index contributed by atoms with van der Waals surface area (Å²) in [5.41, 5.74) is 8.99. The molecule has 3 aromatic heterocycles. The molecule has 3 heterocycles. The Hall–Kier alpha value is -4.37. The average molecular weight is 527 g/mol. The maximum atomic E-state index is 13.9. The van der Waals surface area contributed by atoms with Gasteiger partial charge in [-0.05, 0) is 65.6 Å². The minimum Gasteiger partial charge on any atom is -0.383 e. The van der Waals surface area contributed by atoms with E-state index < -0.39 is 0 Å². The zero-order chi connectivity index (χ0) is 26.8. The van der Waals surface area contributed by atoms with Crippen LogP contribution < -0.4 is 16.0 Å². The maximum Gasteiger partial charge on any atom is 0.255 e. The van der Waals surface area contributed by atoms with Crippen LogP contribution >= 0.6 is 11.3 Å². The van der Waals surface area contributed by atoms with Gasteiger partial charge in [-0.1, -0.05) is 32.0 Å². The highest BCUT2D eigenvalue weighted by Gasteiger charge is 2.23. The van der Waals surface area contributed by atoms with Gasteiger partial charge in [0.25, 0.3) is 5.91 Å². The lowest BCUT2D eigenvalue weighted by molar-refractivity contribution is 0.0925. The summed E-state index contributed by atoms with van der Waals surface area (Å²) in [6.07, 6.45) is 3.12. The second-order valence-corrected chi connectivity index (χ2v) is 10.4. The molecule has 1 atom stereocenters. The molecule has 9 heteroatoms. The van der Waals surface area contributed by atoms with E-state index in [0.29, 0.717) is 17.2 Å². The van der Waals surface area contributed by atoms with Crippen molar-refractivity contribution in [2.45, 2.75) is 19.9 Å². The second kappa shape index (κ2) is 10.5. The van der Waals surface area contributed by atoms with Crippen LogP contribution in [0.2, 0.25) is 0 Å². The highest BCUT2D eigenvalue weighted by Crippen LogP contribution is 2.38. The molecule has 5 rings (SSSR count). The average Bonchev–Trinajstić information content (AvgIpc) is 3.41. The van der Waals surface area contributed by atoms with Gasteiger partial charge in [0.2, 0.25) is 0 Å². The number of amides is 1. The van der Waals surface area contributed by atoms with Crippen LogP contribution in [0.1, 0.15) is 35.8 Å². The molecule has 2 aromatic carbocycles. The van der Waals surface area contributed by atoms with Gasteiger partial charge in [-0.2, -0.15) is 0 Å². The van der Waals surface area contributed by atoms with Gasteiger partial charge in [-0.25, -0.2) is 19.3 Å². The molecule has 5 aromatic rings. The molecule has 0 aliphatic carbocycles. The van der Waals surface area contributed by atoms with Crippen LogP contribution in [0.4, 0.5) is 21.0 Å². The molecule has 0 saturated carbocycles. The predicted octanol–water partition coefficient (Wildman–Crippen LogP) is 6.37. The summed E-state index contributed by atoms with van der Waals surface area (Å²) in [6.45, 7) is 3.98. The molecular formula is C29H27FN6OS. The number of halogens is 1. The third-order valence-electron chi connectivity index (χ3n) is 6.38. The number of carbonyl (C=O) groups excluding carboxylic acids is 1. The first-order valence-electron chi connectivity index (χ1n) is 12.2. The van der Waals surface area contributed by atoms with Crippen LogP contribution in [0.3, 0.4) is 0 Å². The van der Waals surface area contributed by atoms with Crippen molar-refractivity contribution in [3.63, 3.8) is 0 Å². The Morgan fingerprint density at radius 1 is 1.03 bits per heavy atom. The fourth-order valence-electron chi connectivity index (χ4n) is 4.39. The lowest BCUT2D eigenvalue weighted by atomic mass is 9.95. The Balaban J connectivity index is 1.42. The monoisotopic (exact) mass is 526 g/mol. The molecule has 0 radical (unpaired) electrons. The van der Waals surface area contributed by atoms with Gasteiger partial charge < -0.3 is 16.0 Å². The first kappa shape index (κ1) is 25.3. The van der Waals surface area contributed by atoms with Crippen molar-refractivity contribution in [2.75, 3.05) is 17.7 Å². The minimum atomic E-state index is -0.353. The Kier molecular flexibility index (Phi) is 7.02. The van der Waals surface area contributed by atoms with E-state index in [-0.39, 0.29) is 23.7 Å². The van der Waals surface area contributed by atoms with E-state index >= 15 is 0 Å². The molecular weight excluding hydrogens is 499 g/mol. The number of nitrogens with zero attached hydrogens (tertiary/aromatic N) is 4. The Morgan fingerprint density at radius 2 is 1.87 bits per heavy atom. The van der Waals surface area contributed by atoms with Gasteiger partial charge >= 0.3 is 0 Å². The molecule has 0 spiro atoms. The molecule has 38 heavy (non-hydrogen) atoms. The number of benzene rings is 2. The first-order valence-corrected chi connectivity index (χ1v) is 13.0. The number of carbonyl (C=O) groups is 1. The smallest absolute Gasteiger partial charge is 0.255 e. The fraction of sp³-hybridized carbons (Fsp3) is 0.172. The normalized spacial score (nSPS) is 12.0. The highest BCUT2D eigenvalue weighted by molar-refractivity contribution is 7.19. The number of thiophene rings is 1. The second-order valence-electron chi connectivity index (χ2n) is 9.31. The standard InChI is InChI=1S/C29H27FN6OS/c1-17(2)26(19-6-4-7-20(30)14-19)35-29(37)21-8-5-13-32-28(21)36(3)25-12-11-24(38-25)18-9-10-23-22(15-18)27(31)34-16-33-23/h4-17,26H,1-3H3,(H,35,37)(H2,31,33,34)/t26-/m0/s1. The molecule has 0 unspecified atom stereocenters. The SMILES string of the molecule is CC(C)[C@H](NC(=O)c1cccnc1N(C)c1ccc(-c2ccc3ncnc(N)c3c2)s1)c1cccc(F)c1. The topological polar surface area (TPSA) is 97.0 Å². The van der Waals surface area contributed by atoms with E-state index in [9.17, 15) is 9.18 Å². The first-order chi connectivity index (χ1) is 18.3. The number of aromatic nitrogens is 3. The minimum absolute atomic E-state index is 0.0554. The molecule has 0 aliphatic rings. The van der Waals surface area contributed by atoms with Crippen molar-refractivity contribution in [2.24, 2.45) is 5.92 Å². The third-order valence-corrected chi connectivity index (χ3v) is 7.59. The Morgan fingerprint density at radius 3 is 2.66 bits per heavy atom. The number of hydrogen-bond acceptors (Lipinski definition) is 7. The number of rotatable bonds is 7. The number of nitrogens with one attached hydrogen (secondary N) is 1. The van der Waals surface area contributed by atoms with Crippen molar-refractivity contribution in [3.8, 4) is 10.4 Å². The van der Waals surface area contributed by atoms with E-state index in [2.05, 4.69) is 20.3 Å². The van der Waals surface area contributed by atoms with Crippen molar-refractivity contribution < 1.29 is 9.18 Å². The molecule has 0 bridgehead atoms. The van der Waals surface area contributed by atoms with Gasteiger partial charge in [0.15, 0.2) is 0 Å². The third kappa shape index (κ3) is 5.05. The summed E-state index contributed by atoms with van der Waals surface area (Å²) >= 11 is 1.57. The van der Waals surface area contributed by atoms with Crippen LogP contribution in [-0.2, 0) is 0 Å². The fourth-order valence-corrected chi connectivity index (χ4v) is 5.36. The van der Waals surface area contributed by atoms with Gasteiger partial charge in [-0.3, -0.25) is 4.79 Å². The zero-order valence-corrected chi connectivity index (χ0v) is 22.0. The van der Waals surface area contributed by atoms with Crippen LogP contribution in [0.5, 0.6) is 0 Å². The van der Waals surface area contributed by atoms with Crippen molar-refractivity contribution in [1.29, 1.82) is 0 Å². The molecule has 192 valence electrons. The van der Waals surface area contributed by atoms with Gasteiger partial charge in [0, 0.05) is 23.5 Å². The number of nitrogen functional groups attached to an aromatic ring is 1. The summed E-state index contributed by atoms with van der Waals surface area (Å²) in [5, 5.41) is 4.80. The summed E-state index contributed by atoms with van der Waals surface area (Å²) in [5.74, 6) is 0.410. The summed E-state index contributed by atoms with van der Waals surface area (Å²) < 4.78 is 13.9. The number of hydrogen-bond donors (Lipinski definition) is 2. The van der Waals surface area contributed by atoms with Crippen molar-refractivity contribution in [1.82, 2.24) is 20.3 Å². The van der Waals surface area contributed by atoms with E-state index in [0.717, 1.165) is 31.9 Å². The van der Waals surface area contributed by atoms with E-state index in [1.54, 1.807) is 35.7 Å². The largest absolute Gasteiger partial charge is 0.383 e. The summed E-state index contributed by atoms with van der Waals surface area (Å²) in [7, 11) is 1.88. The Bertz CT molecular complexity index is 1620. The van der Waals surface area contributed by atoms with Crippen LogP contribution in [0.15, 0.2) is 79.3 Å². The Labute approximate surface area is 224 Å². The van der Waals surface area contributed by atoms with E-state index in [1.807, 2.05) is 62.2 Å². The quantitative estimate of drug-likeness (QED) is 0.256. The molecule has 3 N–H and O–H groups in total.